The first kappa shape index (κ1) is 13.9. The van der Waals surface area contributed by atoms with Crippen molar-refractivity contribution in [3.8, 4) is 0 Å². The van der Waals surface area contributed by atoms with E-state index < -0.39 is 0 Å². The van der Waals surface area contributed by atoms with Gasteiger partial charge in [-0.1, -0.05) is 0 Å². The summed E-state index contributed by atoms with van der Waals surface area (Å²) in [5.41, 5.74) is 1.13. The Morgan fingerprint density at radius 2 is 2.11 bits per heavy atom. The average molecular weight is 270 g/mol. The lowest BCUT2D eigenvalue weighted by atomic mass is 9.90. The zero-order chi connectivity index (χ0) is 13.0. The highest BCUT2D eigenvalue weighted by molar-refractivity contribution is 7.11. The summed E-state index contributed by atoms with van der Waals surface area (Å²) in [7, 11) is 1.73. The Kier molecular flexibility index (Phi) is 4.72. The highest BCUT2D eigenvalue weighted by Gasteiger charge is 2.36. The first-order valence-electron chi connectivity index (χ1n) is 6.44. The van der Waals surface area contributed by atoms with E-state index in [4.69, 9.17) is 14.5 Å². The number of thiazole rings is 1. The van der Waals surface area contributed by atoms with E-state index in [0.29, 0.717) is 0 Å². The van der Waals surface area contributed by atoms with Crippen LogP contribution in [-0.4, -0.2) is 38.5 Å². The van der Waals surface area contributed by atoms with E-state index in [1.54, 1.807) is 7.11 Å². The lowest BCUT2D eigenvalue weighted by Gasteiger charge is -2.36. The Hall–Kier alpha value is -0.490. The fourth-order valence-electron chi connectivity index (χ4n) is 2.26. The molecule has 0 saturated carbocycles. The minimum absolute atomic E-state index is 0.0134. The Morgan fingerprint density at radius 1 is 1.39 bits per heavy atom. The third-order valence-electron chi connectivity index (χ3n) is 3.55. The molecule has 1 N–H and O–H groups in total. The van der Waals surface area contributed by atoms with Crippen molar-refractivity contribution in [3.63, 3.8) is 0 Å². The van der Waals surface area contributed by atoms with Crippen molar-refractivity contribution in [2.24, 2.45) is 0 Å². The first-order valence-corrected chi connectivity index (χ1v) is 7.26. The Morgan fingerprint density at radius 3 is 2.67 bits per heavy atom. The quantitative estimate of drug-likeness (QED) is 0.831. The first-order chi connectivity index (χ1) is 8.68. The third-order valence-corrected chi connectivity index (χ3v) is 4.83. The van der Waals surface area contributed by atoms with E-state index in [1.165, 1.54) is 9.88 Å². The van der Waals surface area contributed by atoms with E-state index in [-0.39, 0.29) is 5.54 Å². The number of hydrogen-bond donors (Lipinski definition) is 1. The lowest BCUT2D eigenvalue weighted by Crippen LogP contribution is -2.47. The van der Waals surface area contributed by atoms with Crippen LogP contribution in [0.1, 0.15) is 28.4 Å². The fourth-order valence-corrected chi connectivity index (χ4v) is 3.39. The van der Waals surface area contributed by atoms with Crippen LogP contribution in [0.5, 0.6) is 0 Å². The molecule has 2 rings (SSSR count). The molecule has 0 aliphatic carbocycles. The molecule has 4 nitrogen and oxygen atoms in total. The molecule has 1 aliphatic heterocycles. The number of methoxy groups -OCH3 is 1. The van der Waals surface area contributed by atoms with Crippen LogP contribution in [0.4, 0.5) is 0 Å². The van der Waals surface area contributed by atoms with Crippen LogP contribution in [0.3, 0.4) is 0 Å². The molecular weight excluding hydrogens is 248 g/mol. The molecule has 0 amide bonds. The van der Waals surface area contributed by atoms with Gasteiger partial charge in [-0.3, -0.25) is 0 Å². The van der Waals surface area contributed by atoms with Gasteiger partial charge < -0.3 is 14.8 Å². The molecule has 1 aromatic rings. The van der Waals surface area contributed by atoms with Crippen LogP contribution in [0, 0.1) is 13.8 Å². The molecule has 0 atom stereocenters. The summed E-state index contributed by atoms with van der Waals surface area (Å²) in [5.74, 6) is 0. The molecule has 5 heteroatoms. The molecule has 1 fully saturated rings. The van der Waals surface area contributed by atoms with Gasteiger partial charge >= 0.3 is 0 Å². The molecule has 0 spiro atoms. The molecule has 0 bridgehead atoms. The lowest BCUT2D eigenvalue weighted by molar-refractivity contribution is 0.0334. The molecule has 2 heterocycles. The van der Waals surface area contributed by atoms with Crippen LogP contribution in [0.25, 0.3) is 0 Å². The SMILES string of the molecule is COCCNC1(c2nc(C)c(C)s2)CCOCC1. The van der Waals surface area contributed by atoms with E-state index in [0.717, 1.165) is 44.9 Å². The number of aromatic nitrogens is 1. The summed E-state index contributed by atoms with van der Waals surface area (Å²) in [5, 5.41) is 4.84. The number of nitrogens with one attached hydrogen (secondary N) is 1. The van der Waals surface area contributed by atoms with Gasteiger partial charge in [0.25, 0.3) is 0 Å². The molecule has 0 unspecified atom stereocenters. The predicted octanol–water partition coefficient (Wildman–Crippen LogP) is 2.00. The monoisotopic (exact) mass is 270 g/mol. The molecular formula is C13H22N2O2S. The molecule has 102 valence electrons. The maximum Gasteiger partial charge on any atom is 0.113 e. The number of hydrogen-bond acceptors (Lipinski definition) is 5. The summed E-state index contributed by atoms with van der Waals surface area (Å²) in [6.45, 7) is 7.41. The molecule has 1 saturated heterocycles. The second-order valence-corrected chi connectivity index (χ2v) is 5.98. The summed E-state index contributed by atoms with van der Waals surface area (Å²) in [4.78, 5) is 6.05. The summed E-state index contributed by atoms with van der Waals surface area (Å²) in [6, 6.07) is 0. The average Bonchev–Trinajstić information content (AvgIpc) is 2.72. The van der Waals surface area contributed by atoms with Gasteiger partial charge in [0.05, 0.1) is 17.8 Å². The Balaban J connectivity index is 2.17. The maximum atomic E-state index is 5.50. The van der Waals surface area contributed by atoms with E-state index >= 15 is 0 Å². The smallest absolute Gasteiger partial charge is 0.113 e. The van der Waals surface area contributed by atoms with E-state index in [9.17, 15) is 0 Å². The summed E-state index contributed by atoms with van der Waals surface area (Å²) < 4.78 is 10.6. The Labute approximate surface area is 113 Å². The van der Waals surface area contributed by atoms with Crippen molar-refractivity contribution in [1.82, 2.24) is 10.3 Å². The highest BCUT2D eigenvalue weighted by Crippen LogP contribution is 2.35. The second kappa shape index (κ2) is 6.10. The standard InChI is InChI=1S/C13H22N2O2S/c1-10-11(2)18-12(15-10)13(14-6-9-16-3)4-7-17-8-5-13/h14H,4-9H2,1-3H3. The van der Waals surface area contributed by atoms with Gasteiger partial charge in [-0.25, -0.2) is 4.98 Å². The van der Waals surface area contributed by atoms with Crippen molar-refractivity contribution in [2.45, 2.75) is 32.2 Å². The third kappa shape index (κ3) is 2.91. The molecule has 18 heavy (non-hydrogen) atoms. The zero-order valence-electron chi connectivity index (χ0n) is 11.4. The van der Waals surface area contributed by atoms with Crippen molar-refractivity contribution in [2.75, 3.05) is 33.5 Å². The van der Waals surface area contributed by atoms with E-state index in [2.05, 4.69) is 19.2 Å². The zero-order valence-corrected chi connectivity index (χ0v) is 12.2. The van der Waals surface area contributed by atoms with Gasteiger partial charge in [-0.15, -0.1) is 11.3 Å². The van der Waals surface area contributed by atoms with Crippen molar-refractivity contribution in [3.05, 3.63) is 15.6 Å². The topological polar surface area (TPSA) is 43.4 Å². The van der Waals surface area contributed by atoms with E-state index in [1.807, 2.05) is 11.3 Å². The maximum absolute atomic E-state index is 5.50. The number of aryl methyl sites for hydroxylation is 2. The minimum atomic E-state index is -0.0134. The van der Waals surface area contributed by atoms with Crippen LogP contribution in [-0.2, 0) is 15.0 Å². The van der Waals surface area contributed by atoms with Crippen molar-refractivity contribution in [1.29, 1.82) is 0 Å². The van der Waals surface area contributed by atoms with Crippen LogP contribution in [0.2, 0.25) is 0 Å². The van der Waals surface area contributed by atoms with Gasteiger partial charge in [0.15, 0.2) is 0 Å². The highest BCUT2D eigenvalue weighted by atomic mass is 32.1. The fraction of sp³-hybridized carbons (Fsp3) is 0.769. The number of rotatable bonds is 5. The van der Waals surface area contributed by atoms with Crippen molar-refractivity contribution < 1.29 is 9.47 Å². The van der Waals surface area contributed by atoms with Crippen LogP contribution in [0.15, 0.2) is 0 Å². The largest absolute Gasteiger partial charge is 0.383 e. The summed E-state index contributed by atoms with van der Waals surface area (Å²) in [6.07, 6.45) is 1.98. The number of nitrogens with zero attached hydrogens (tertiary/aromatic N) is 1. The molecule has 1 aliphatic rings. The van der Waals surface area contributed by atoms with Gasteiger partial charge in [-0.2, -0.15) is 0 Å². The summed E-state index contributed by atoms with van der Waals surface area (Å²) >= 11 is 1.81. The van der Waals surface area contributed by atoms with Crippen molar-refractivity contribution >= 4 is 11.3 Å². The van der Waals surface area contributed by atoms with Gasteiger partial charge in [0, 0.05) is 31.7 Å². The number of ether oxygens (including phenoxy) is 2. The van der Waals surface area contributed by atoms with Crippen LogP contribution >= 0.6 is 11.3 Å². The minimum Gasteiger partial charge on any atom is -0.383 e. The van der Waals surface area contributed by atoms with Crippen LogP contribution < -0.4 is 5.32 Å². The van der Waals surface area contributed by atoms with Gasteiger partial charge in [-0.05, 0) is 26.7 Å². The molecule has 1 aromatic heterocycles. The Bertz CT molecular complexity index is 367. The molecule has 0 radical (unpaired) electrons. The molecule has 0 aromatic carbocycles. The van der Waals surface area contributed by atoms with Gasteiger partial charge in [0.1, 0.15) is 5.01 Å². The van der Waals surface area contributed by atoms with Gasteiger partial charge in [0.2, 0.25) is 0 Å². The normalized spacial score (nSPS) is 19.1. The predicted molar refractivity (Wildman–Crippen MR) is 73.2 cm³/mol. The second-order valence-electron chi connectivity index (χ2n) is 4.77.